The highest BCUT2D eigenvalue weighted by Crippen LogP contribution is 2.32. The van der Waals surface area contributed by atoms with E-state index in [1.54, 1.807) is 33.8 Å². The van der Waals surface area contributed by atoms with Gasteiger partial charge in [-0.15, -0.1) is 10.2 Å². The van der Waals surface area contributed by atoms with Gasteiger partial charge in [0.05, 0.1) is 29.8 Å². The maximum absolute atomic E-state index is 11.8. The van der Waals surface area contributed by atoms with Gasteiger partial charge in [-0.05, 0) is 27.7 Å². The second-order valence-corrected chi connectivity index (χ2v) is 8.40. The first-order valence-electron chi connectivity index (χ1n) is 13.1. The largest absolute Gasteiger partial charge is 0.481 e. The molecule has 0 radical (unpaired) electrons. The zero-order valence-corrected chi connectivity index (χ0v) is 25.5. The average molecular weight is 643 g/mol. The summed E-state index contributed by atoms with van der Waals surface area (Å²) in [6.07, 6.45) is 1.39. The predicted octanol–water partition coefficient (Wildman–Crippen LogP) is 4.04. The molecule has 2 N–H and O–H groups in total. The van der Waals surface area contributed by atoms with Gasteiger partial charge in [-0.3, -0.25) is 25.3 Å². The molecule has 0 aliphatic carbocycles. The monoisotopic (exact) mass is 642 g/mol. The Kier molecular flexibility index (Phi) is 13.7. The lowest BCUT2D eigenvalue weighted by molar-refractivity contribution is -0.386. The van der Waals surface area contributed by atoms with Crippen molar-refractivity contribution in [2.45, 2.75) is 27.7 Å². The third kappa shape index (κ3) is 10.4. The molecular formula is C26H30N10O10. The van der Waals surface area contributed by atoms with E-state index in [1.807, 2.05) is 0 Å². The molecule has 4 rings (SSSR count). The fourth-order valence-corrected chi connectivity index (χ4v) is 3.12. The lowest BCUT2D eigenvalue weighted by Crippen LogP contribution is -2.29. The third-order valence-electron chi connectivity index (χ3n) is 5.13. The molecule has 4 aromatic rings. The van der Waals surface area contributed by atoms with Crippen LogP contribution in [0.1, 0.15) is 25.2 Å². The smallest absolute Gasteiger partial charge is 0.342 e. The highest BCUT2D eigenvalue weighted by Gasteiger charge is 2.22. The number of carbonyl (C=O) groups is 1. The molecule has 0 aliphatic heterocycles. The van der Waals surface area contributed by atoms with E-state index >= 15 is 0 Å². The van der Waals surface area contributed by atoms with Crippen molar-refractivity contribution in [3.05, 3.63) is 68.0 Å². The first-order chi connectivity index (χ1) is 22.0. The van der Waals surface area contributed by atoms with E-state index in [-0.39, 0.29) is 46.7 Å². The number of aliphatic imine (C=N–C) groups is 1. The number of amides is 1. The maximum atomic E-state index is 11.8. The topological polar surface area (TPSA) is 254 Å². The predicted molar refractivity (Wildman–Crippen MR) is 158 cm³/mol. The standard InChI is InChI=1S/C13H15N5O5.C10H10N4O4.C3H5NO/c1-4-14-13(19)17-8(2)7-11(16-17)23-12-9(18(20)21)5-6-10(15-12)22-3;1-6-5-9(13-12-6)18-10-7(14(15)16)3-4-8(11-10)17-2;1-2-4-3-5/h5-7H,4H2,1-3H3,(H,14,19);3-5H,1-2H3,(H,12,13);2H2,1H3. The van der Waals surface area contributed by atoms with Gasteiger partial charge in [-0.2, -0.15) is 14.6 Å². The molecule has 0 fully saturated rings. The average Bonchev–Trinajstić information content (AvgIpc) is 3.61. The first-order valence-corrected chi connectivity index (χ1v) is 13.1. The van der Waals surface area contributed by atoms with Crippen molar-refractivity contribution in [1.29, 1.82) is 0 Å². The Morgan fingerprint density at radius 2 is 1.48 bits per heavy atom. The summed E-state index contributed by atoms with van der Waals surface area (Å²) in [6.45, 7) is 7.99. The van der Waals surface area contributed by atoms with Gasteiger partial charge in [-0.1, -0.05) is 0 Å². The number of ether oxygens (including phenoxy) is 4. The zero-order valence-electron chi connectivity index (χ0n) is 25.5. The molecule has 0 saturated heterocycles. The van der Waals surface area contributed by atoms with Crippen molar-refractivity contribution in [2.24, 2.45) is 4.99 Å². The number of nitrogens with one attached hydrogen (secondary N) is 2. The van der Waals surface area contributed by atoms with E-state index in [4.69, 9.17) is 23.7 Å². The molecule has 1 amide bonds. The van der Waals surface area contributed by atoms with E-state index < -0.39 is 15.9 Å². The number of isocyanates is 1. The molecule has 0 aromatic carbocycles. The number of H-pyrrole nitrogens is 1. The number of hydrogen-bond donors (Lipinski definition) is 2. The molecule has 20 nitrogen and oxygen atoms in total. The van der Waals surface area contributed by atoms with Crippen LogP contribution >= 0.6 is 0 Å². The van der Waals surface area contributed by atoms with Crippen LogP contribution in [0.5, 0.6) is 35.3 Å². The highest BCUT2D eigenvalue weighted by atomic mass is 16.6. The number of rotatable bonds is 10. The highest BCUT2D eigenvalue weighted by molar-refractivity contribution is 5.76. The van der Waals surface area contributed by atoms with Crippen molar-refractivity contribution in [3.63, 3.8) is 0 Å². The number of nitro groups is 2. The zero-order chi connectivity index (χ0) is 34.2. The molecular weight excluding hydrogens is 612 g/mol. The molecule has 4 aromatic heterocycles. The van der Waals surface area contributed by atoms with Crippen LogP contribution in [0, 0.1) is 34.1 Å². The number of hydrogen-bond acceptors (Lipinski definition) is 15. The van der Waals surface area contributed by atoms with Gasteiger partial charge in [-0.25, -0.2) is 14.6 Å². The summed E-state index contributed by atoms with van der Waals surface area (Å²) in [7, 11) is 2.79. The maximum Gasteiger partial charge on any atom is 0.342 e. The Morgan fingerprint density at radius 3 is 1.87 bits per heavy atom. The summed E-state index contributed by atoms with van der Waals surface area (Å²) in [5, 5.41) is 34.9. The van der Waals surface area contributed by atoms with E-state index in [9.17, 15) is 25.0 Å². The first kappa shape index (κ1) is 35.8. The van der Waals surface area contributed by atoms with Crippen LogP contribution in [0.3, 0.4) is 0 Å². The number of pyridine rings is 2. The van der Waals surface area contributed by atoms with Gasteiger partial charge < -0.3 is 24.3 Å². The summed E-state index contributed by atoms with van der Waals surface area (Å²) < 4.78 is 21.5. The molecule has 0 atom stereocenters. The van der Waals surface area contributed by atoms with Gasteiger partial charge in [0.15, 0.2) is 0 Å². The third-order valence-corrected chi connectivity index (χ3v) is 5.13. The fourth-order valence-electron chi connectivity index (χ4n) is 3.12. The summed E-state index contributed by atoms with van der Waals surface area (Å²) in [5.41, 5.74) is 0.694. The molecule has 46 heavy (non-hydrogen) atoms. The lowest BCUT2D eigenvalue weighted by atomic mass is 10.4. The number of carbonyl (C=O) groups excluding carboxylic acids is 2. The van der Waals surface area contributed by atoms with Crippen LogP contribution in [-0.4, -0.2) is 79.2 Å². The Hall–Kier alpha value is -6.43. The Bertz CT molecular complexity index is 1700. The quantitative estimate of drug-likeness (QED) is 0.107. The van der Waals surface area contributed by atoms with Crippen LogP contribution in [0.25, 0.3) is 0 Å². The number of aromatic nitrogens is 6. The second kappa shape index (κ2) is 17.6. The number of nitrogens with zero attached hydrogens (tertiary/aromatic N) is 8. The minimum atomic E-state index is -0.630. The summed E-state index contributed by atoms with van der Waals surface area (Å²) in [5.74, 6) is 0.169. The van der Waals surface area contributed by atoms with Crippen molar-refractivity contribution in [1.82, 2.24) is 35.3 Å². The van der Waals surface area contributed by atoms with Crippen LogP contribution in [0.4, 0.5) is 16.2 Å². The minimum Gasteiger partial charge on any atom is -0.481 e. The lowest BCUT2D eigenvalue weighted by Gasteiger charge is -2.04. The summed E-state index contributed by atoms with van der Waals surface area (Å²) in [4.78, 5) is 52.5. The molecule has 0 unspecified atom stereocenters. The van der Waals surface area contributed by atoms with Gasteiger partial charge in [0.2, 0.25) is 29.6 Å². The van der Waals surface area contributed by atoms with Gasteiger partial charge in [0.1, 0.15) is 0 Å². The van der Waals surface area contributed by atoms with Crippen LogP contribution < -0.4 is 24.3 Å². The minimum absolute atomic E-state index is 0.0117. The molecule has 0 saturated carbocycles. The molecule has 20 heteroatoms. The van der Waals surface area contributed by atoms with Crippen LogP contribution in [0.15, 0.2) is 41.4 Å². The van der Waals surface area contributed by atoms with Crippen LogP contribution in [0.2, 0.25) is 0 Å². The van der Waals surface area contributed by atoms with Gasteiger partial charge in [0.25, 0.3) is 0 Å². The second-order valence-electron chi connectivity index (χ2n) is 8.40. The summed E-state index contributed by atoms with van der Waals surface area (Å²) >= 11 is 0. The molecule has 244 valence electrons. The number of methoxy groups -OCH3 is 2. The van der Waals surface area contributed by atoms with E-state index in [0.29, 0.717) is 18.8 Å². The van der Waals surface area contributed by atoms with Crippen molar-refractivity contribution in [3.8, 4) is 35.3 Å². The van der Waals surface area contributed by atoms with Crippen molar-refractivity contribution >= 4 is 23.5 Å². The Labute approximate surface area is 260 Å². The molecule has 0 spiro atoms. The van der Waals surface area contributed by atoms with Crippen molar-refractivity contribution < 1.29 is 38.4 Å². The Balaban J connectivity index is 0.000000285. The van der Waals surface area contributed by atoms with Gasteiger partial charge >= 0.3 is 29.2 Å². The fraction of sp³-hybridized carbons (Fsp3) is 0.308. The summed E-state index contributed by atoms with van der Waals surface area (Å²) in [6, 6.07) is 7.87. The Morgan fingerprint density at radius 1 is 0.935 bits per heavy atom. The normalized spacial score (nSPS) is 9.70. The number of aromatic amines is 1. The van der Waals surface area contributed by atoms with E-state index in [0.717, 1.165) is 10.4 Å². The van der Waals surface area contributed by atoms with Crippen LogP contribution in [-0.2, 0) is 4.79 Å². The number of aryl methyl sites for hydroxylation is 2. The van der Waals surface area contributed by atoms with E-state index in [1.165, 1.54) is 50.6 Å². The van der Waals surface area contributed by atoms with E-state index in [2.05, 4.69) is 35.6 Å². The van der Waals surface area contributed by atoms with Crippen molar-refractivity contribution in [2.75, 3.05) is 27.3 Å². The molecule has 0 bridgehead atoms. The molecule has 4 heterocycles. The molecule has 0 aliphatic rings. The van der Waals surface area contributed by atoms with Gasteiger partial charge in [0, 0.05) is 55.2 Å². The SMILES string of the molecule is CCN=C=O.CCNC(=O)n1nc(Oc2nc(OC)ccc2[N+](=O)[O-])cc1C.COc1ccc([N+](=O)[O-])c(Oc2cc(C)[nH]n2)n1.